The summed E-state index contributed by atoms with van der Waals surface area (Å²) in [5.41, 5.74) is 0.195. The number of halogens is 2. The zero-order valence-electron chi connectivity index (χ0n) is 6.87. The van der Waals surface area contributed by atoms with Gasteiger partial charge in [0.05, 0.1) is 9.72 Å². The van der Waals surface area contributed by atoms with E-state index in [-0.39, 0.29) is 15.6 Å². The van der Waals surface area contributed by atoms with E-state index in [2.05, 4.69) is 0 Å². The molecule has 14 heavy (non-hydrogen) atoms. The first-order chi connectivity index (χ1) is 6.59. The smallest absolute Gasteiger partial charge is 0.423 e. The summed E-state index contributed by atoms with van der Waals surface area (Å²) in [5, 5.41) is 18.4. The van der Waals surface area contributed by atoms with E-state index in [4.69, 9.17) is 21.6 Å². The minimum Gasteiger partial charge on any atom is -0.423 e. The van der Waals surface area contributed by atoms with Crippen LogP contribution in [0.5, 0.6) is 0 Å². The molecule has 1 aromatic heterocycles. The van der Waals surface area contributed by atoms with E-state index in [0.29, 0.717) is 10.1 Å². The summed E-state index contributed by atoms with van der Waals surface area (Å²) in [4.78, 5) is 0. The second-order valence-corrected chi connectivity index (χ2v) is 4.19. The fraction of sp³-hybridized carbons (Fsp3) is 0. The van der Waals surface area contributed by atoms with Crippen LogP contribution in [0.2, 0.25) is 5.02 Å². The van der Waals surface area contributed by atoms with Crippen LogP contribution in [0, 0.1) is 5.13 Å². The molecule has 0 aliphatic carbocycles. The van der Waals surface area contributed by atoms with Gasteiger partial charge in [0.1, 0.15) is 0 Å². The lowest BCUT2D eigenvalue weighted by Crippen LogP contribution is -2.30. The zero-order valence-corrected chi connectivity index (χ0v) is 8.44. The maximum atomic E-state index is 12.9. The lowest BCUT2D eigenvalue weighted by Gasteiger charge is -2.02. The average molecular weight is 230 g/mol. The summed E-state index contributed by atoms with van der Waals surface area (Å²) in [6.45, 7) is 0. The van der Waals surface area contributed by atoms with Gasteiger partial charge in [0.25, 0.3) is 0 Å². The summed E-state index contributed by atoms with van der Waals surface area (Å²) in [5.74, 6) is 0. The van der Waals surface area contributed by atoms with E-state index in [9.17, 15) is 4.39 Å². The van der Waals surface area contributed by atoms with Crippen molar-refractivity contribution in [1.29, 1.82) is 0 Å². The minimum atomic E-state index is -1.63. The number of hydrogen-bond donors (Lipinski definition) is 2. The predicted octanol–water partition coefficient (Wildman–Crippen LogP) is 1.37. The average Bonchev–Trinajstić information content (AvgIpc) is 2.46. The Kier molecular flexibility index (Phi) is 2.49. The van der Waals surface area contributed by atoms with Crippen LogP contribution in [0.3, 0.4) is 0 Å². The summed E-state index contributed by atoms with van der Waals surface area (Å²) < 4.78 is 13.4. The van der Waals surface area contributed by atoms with Crippen molar-refractivity contribution in [3.63, 3.8) is 0 Å². The van der Waals surface area contributed by atoms with Gasteiger partial charge in [-0.3, -0.25) is 0 Å². The Bertz CT molecular complexity index is 485. The largest absolute Gasteiger partial charge is 0.490 e. The minimum absolute atomic E-state index is 0.195. The van der Waals surface area contributed by atoms with Crippen molar-refractivity contribution in [2.24, 2.45) is 0 Å². The van der Waals surface area contributed by atoms with E-state index >= 15 is 0 Å². The van der Waals surface area contributed by atoms with Gasteiger partial charge in [-0.15, -0.1) is 11.3 Å². The molecule has 72 valence electrons. The fourth-order valence-electron chi connectivity index (χ4n) is 1.25. The molecule has 0 bridgehead atoms. The molecule has 1 heterocycles. The Hall–Kier alpha value is -0.615. The Morgan fingerprint density at radius 3 is 2.71 bits per heavy atom. The number of hydrogen-bond acceptors (Lipinski definition) is 3. The molecule has 0 unspecified atom stereocenters. The fourth-order valence-corrected chi connectivity index (χ4v) is 2.47. The van der Waals surface area contributed by atoms with Crippen molar-refractivity contribution in [3.05, 3.63) is 28.4 Å². The maximum Gasteiger partial charge on any atom is 0.490 e. The Morgan fingerprint density at radius 1 is 1.36 bits per heavy atom. The number of thiophene rings is 1. The normalized spacial score (nSPS) is 10.9. The van der Waals surface area contributed by atoms with Gasteiger partial charge in [-0.25, -0.2) is 0 Å². The molecule has 0 saturated carbocycles. The molecular formula is C8H5BClFO2S. The summed E-state index contributed by atoms with van der Waals surface area (Å²) in [6.07, 6.45) is 0. The lowest BCUT2D eigenvalue weighted by molar-refractivity contribution is 0.426. The first-order valence-electron chi connectivity index (χ1n) is 3.83. The van der Waals surface area contributed by atoms with Crippen molar-refractivity contribution in [1.82, 2.24) is 0 Å². The van der Waals surface area contributed by atoms with Crippen LogP contribution in [0.25, 0.3) is 10.1 Å². The van der Waals surface area contributed by atoms with Gasteiger partial charge in [-0.05, 0) is 11.5 Å². The highest BCUT2D eigenvalue weighted by Gasteiger charge is 2.18. The molecule has 2 nitrogen and oxygen atoms in total. The lowest BCUT2D eigenvalue weighted by atomic mass is 9.80. The standard InChI is InChI=1S/C8H5BClFO2S/c10-7-5(9(12)13)2-1-4-3-6(11)14-8(4)7/h1-3,12-13H. The monoisotopic (exact) mass is 230 g/mol. The first kappa shape index (κ1) is 9.92. The molecule has 6 heteroatoms. The van der Waals surface area contributed by atoms with Crippen molar-refractivity contribution >= 4 is 45.6 Å². The Morgan fingerprint density at radius 2 is 2.07 bits per heavy atom. The number of rotatable bonds is 1. The van der Waals surface area contributed by atoms with Crippen molar-refractivity contribution in [3.8, 4) is 0 Å². The molecule has 0 atom stereocenters. The molecular weight excluding hydrogens is 225 g/mol. The van der Waals surface area contributed by atoms with E-state index in [1.165, 1.54) is 12.1 Å². The highest BCUT2D eigenvalue weighted by Crippen LogP contribution is 2.29. The maximum absolute atomic E-state index is 12.9. The van der Waals surface area contributed by atoms with Crippen LogP contribution in [-0.2, 0) is 0 Å². The SMILES string of the molecule is OB(O)c1ccc2cc(F)sc2c1Cl. The van der Waals surface area contributed by atoms with Crippen molar-refractivity contribution < 1.29 is 14.4 Å². The molecule has 2 N–H and O–H groups in total. The van der Waals surface area contributed by atoms with Crippen LogP contribution >= 0.6 is 22.9 Å². The summed E-state index contributed by atoms with van der Waals surface area (Å²) in [6, 6.07) is 4.44. The molecule has 0 amide bonds. The highest BCUT2D eigenvalue weighted by atomic mass is 35.5. The first-order valence-corrected chi connectivity index (χ1v) is 5.02. The molecule has 1 aromatic carbocycles. The molecule has 0 saturated heterocycles. The van der Waals surface area contributed by atoms with Crippen LogP contribution in [0.1, 0.15) is 0 Å². The quantitative estimate of drug-likeness (QED) is 0.727. The number of benzene rings is 1. The van der Waals surface area contributed by atoms with Gasteiger partial charge >= 0.3 is 7.12 Å². The molecule has 0 fully saturated rings. The third kappa shape index (κ3) is 1.52. The number of fused-ring (bicyclic) bond motifs is 1. The molecule has 0 radical (unpaired) electrons. The second kappa shape index (κ2) is 3.51. The van der Waals surface area contributed by atoms with E-state index < -0.39 is 7.12 Å². The molecule has 2 rings (SSSR count). The zero-order chi connectivity index (χ0) is 10.3. The van der Waals surface area contributed by atoms with E-state index in [1.807, 2.05) is 0 Å². The third-order valence-electron chi connectivity index (χ3n) is 1.90. The van der Waals surface area contributed by atoms with Gasteiger partial charge in [0.15, 0.2) is 5.13 Å². The van der Waals surface area contributed by atoms with Crippen molar-refractivity contribution in [2.45, 2.75) is 0 Å². The van der Waals surface area contributed by atoms with Crippen LogP contribution in [0.15, 0.2) is 18.2 Å². The third-order valence-corrected chi connectivity index (χ3v) is 3.38. The van der Waals surface area contributed by atoms with Gasteiger partial charge in [-0.1, -0.05) is 23.7 Å². The molecule has 2 aromatic rings. The van der Waals surface area contributed by atoms with Gasteiger partial charge in [0, 0.05) is 5.46 Å². The van der Waals surface area contributed by atoms with Crippen LogP contribution < -0.4 is 5.46 Å². The molecule has 0 aliphatic heterocycles. The van der Waals surface area contributed by atoms with Gasteiger partial charge in [-0.2, -0.15) is 4.39 Å². The van der Waals surface area contributed by atoms with Gasteiger partial charge in [0.2, 0.25) is 0 Å². The topological polar surface area (TPSA) is 40.5 Å². The van der Waals surface area contributed by atoms with Gasteiger partial charge < -0.3 is 10.0 Å². The van der Waals surface area contributed by atoms with Crippen LogP contribution in [0.4, 0.5) is 4.39 Å². The van der Waals surface area contributed by atoms with Crippen LogP contribution in [-0.4, -0.2) is 17.2 Å². The van der Waals surface area contributed by atoms with E-state index in [1.54, 1.807) is 6.07 Å². The predicted molar refractivity (Wildman–Crippen MR) is 56.6 cm³/mol. The highest BCUT2D eigenvalue weighted by molar-refractivity contribution is 7.18. The molecule has 0 spiro atoms. The summed E-state index contributed by atoms with van der Waals surface area (Å²) >= 11 is 6.76. The molecule has 0 aliphatic rings. The van der Waals surface area contributed by atoms with Crippen molar-refractivity contribution in [2.75, 3.05) is 0 Å². The second-order valence-electron chi connectivity index (χ2n) is 2.81. The summed E-state index contributed by atoms with van der Waals surface area (Å²) in [7, 11) is -1.63. The Balaban J connectivity index is 2.74. The Labute approximate surface area is 88.7 Å². The van der Waals surface area contributed by atoms with E-state index in [0.717, 1.165) is 11.3 Å².